The molecule has 2 heterocycles. The van der Waals surface area contributed by atoms with Gasteiger partial charge in [-0.2, -0.15) is 0 Å². The highest BCUT2D eigenvalue weighted by Crippen LogP contribution is 2.22. The number of likely N-dealkylation sites (tertiary alicyclic amines) is 1. The standard InChI is InChI=1S/C15H31N3/c1-5-13-9-16-15(12(2)3)11-18(13)14-7-6-8-17(4)10-14/h12-16H,5-11H2,1-4H3. The summed E-state index contributed by atoms with van der Waals surface area (Å²) in [4.78, 5) is 5.32. The number of rotatable bonds is 3. The van der Waals surface area contributed by atoms with Gasteiger partial charge in [0.1, 0.15) is 0 Å². The van der Waals surface area contributed by atoms with Crippen LogP contribution in [-0.4, -0.2) is 61.2 Å². The fourth-order valence-corrected chi connectivity index (χ4v) is 3.53. The van der Waals surface area contributed by atoms with Crippen molar-refractivity contribution in [3.05, 3.63) is 0 Å². The molecule has 3 heteroatoms. The van der Waals surface area contributed by atoms with Crippen LogP contribution in [0.5, 0.6) is 0 Å². The van der Waals surface area contributed by atoms with Crippen LogP contribution in [0, 0.1) is 5.92 Å². The highest BCUT2D eigenvalue weighted by Gasteiger charge is 2.34. The Morgan fingerprint density at radius 1 is 1.28 bits per heavy atom. The lowest BCUT2D eigenvalue weighted by molar-refractivity contribution is 0.0326. The average Bonchev–Trinajstić information content (AvgIpc) is 2.38. The summed E-state index contributed by atoms with van der Waals surface area (Å²) in [5, 5.41) is 3.74. The van der Waals surface area contributed by atoms with Gasteiger partial charge < -0.3 is 10.2 Å². The fourth-order valence-electron chi connectivity index (χ4n) is 3.53. The Morgan fingerprint density at radius 3 is 2.67 bits per heavy atom. The minimum Gasteiger partial charge on any atom is -0.311 e. The van der Waals surface area contributed by atoms with Crippen LogP contribution in [0.25, 0.3) is 0 Å². The highest BCUT2D eigenvalue weighted by molar-refractivity contribution is 4.92. The molecule has 2 aliphatic rings. The van der Waals surface area contributed by atoms with Gasteiger partial charge in [-0.3, -0.25) is 4.90 Å². The van der Waals surface area contributed by atoms with Crippen molar-refractivity contribution in [2.75, 3.05) is 33.2 Å². The molecule has 18 heavy (non-hydrogen) atoms. The molecule has 3 unspecified atom stereocenters. The zero-order chi connectivity index (χ0) is 13.1. The maximum absolute atomic E-state index is 3.74. The first-order valence-corrected chi connectivity index (χ1v) is 7.79. The van der Waals surface area contributed by atoms with Gasteiger partial charge >= 0.3 is 0 Å². The van der Waals surface area contributed by atoms with E-state index in [1.54, 1.807) is 0 Å². The summed E-state index contributed by atoms with van der Waals surface area (Å²) in [7, 11) is 2.27. The second-order valence-corrected chi connectivity index (χ2v) is 6.58. The summed E-state index contributed by atoms with van der Waals surface area (Å²) in [5.74, 6) is 0.742. The largest absolute Gasteiger partial charge is 0.311 e. The van der Waals surface area contributed by atoms with E-state index in [1.807, 2.05) is 0 Å². The van der Waals surface area contributed by atoms with Crippen molar-refractivity contribution >= 4 is 0 Å². The minimum absolute atomic E-state index is 0.681. The zero-order valence-electron chi connectivity index (χ0n) is 12.7. The molecule has 2 aliphatic heterocycles. The van der Waals surface area contributed by atoms with Crippen LogP contribution in [-0.2, 0) is 0 Å². The lowest BCUT2D eigenvalue weighted by atomic mass is 9.94. The molecule has 2 rings (SSSR count). The van der Waals surface area contributed by atoms with Gasteiger partial charge in [0.2, 0.25) is 0 Å². The number of piperazine rings is 1. The molecule has 2 saturated heterocycles. The molecule has 0 saturated carbocycles. The Morgan fingerprint density at radius 2 is 2.06 bits per heavy atom. The van der Waals surface area contributed by atoms with E-state index >= 15 is 0 Å². The van der Waals surface area contributed by atoms with E-state index in [0.717, 1.165) is 18.0 Å². The topological polar surface area (TPSA) is 18.5 Å². The molecular formula is C15H31N3. The van der Waals surface area contributed by atoms with Crippen LogP contribution in [0.3, 0.4) is 0 Å². The third-order valence-electron chi connectivity index (χ3n) is 4.84. The normalized spacial score (nSPS) is 36.2. The van der Waals surface area contributed by atoms with Crippen LogP contribution in [0.2, 0.25) is 0 Å². The lowest BCUT2D eigenvalue weighted by Crippen LogP contribution is -2.62. The minimum atomic E-state index is 0.681. The molecular weight excluding hydrogens is 222 g/mol. The second kappa shape index (κ2) is 6.36. The Bertz CT molecular complexity index is 254. The monoisotopic (exact) mass is 253 g/mol. The van der Waals surface area contributed by atoms with Crippen molar-refractivity contribution < 1.29 is 0 Å². The number of likely N-dealkylation sites (N-methyl/N-ethyl adjacent to an activating group) is 1. The third kappa shape index (κ3) is 3.25. The molecule has 0 bridgehead atoms. The number of nitrogens with zero attached hydrogens (tertiary/aromatic N) is 2. The van der Waals surface area contributed by atoms with Crippen molar-refractivity contribution in [2.45, 2.75) is 58.2 Å². The van der Waals surface area contributed by atoms with E-state index in [9.17, 15) is 0 Å². The first-order valence-electron chi connectivity index (χ1n) is 7.79. The van der Waals surface area contributed by atoms with E-state index in [2.05, 4.69) is 42.9 Å². The summed E-state index contributed by atoms with van der Waals surface area (Å²) in [6.07, 6.45) is 4.04. The van der Waals surface area contributed by atoms with Gasteiger partial charge in [0, 0.05) is 37.8 Å². The first kappa shape index (κ1) is 14.3. The van der Waals surface area contributed by atoms with Crippen molar-refractivity contribution in [3.8, 4) is 0 Å². The second-order valence-electron chi connectivity index (χ2n) is 6.58. The molecule has 0 radical (unpaired) electrons. The molecule has 3 atom stereocenters. The summed E-state index contributed by atoms with van der Waals surface area (Å²) in [5.41, 5.74) is 0. The van der Waals surface area contributed by atoms with Gasteiger partial charge in [-0.15, -0.1) is 0 Å². The molecule has 0 aromatic carbocycles. The van der Waals surface area contributed by atoms with Crippen molar-refractivity contribution in [1.29, 1.82) is 0 Å². The Labute approximate surface area is 113 Å². The van der Waals surface area contributed by atoms with Gasteiger partial charge in [0.05, 0.1) is 0 Å². The van der Waals surface area contributed by atoms with Crippen LogP contribution >= 0.6 is 0 Å². The van der Waals surface area contributed by atoms with Gasteiger partial charge in [-0.05, 0) is 38.8 Å². The van der Waals surface area contributed by atoms with Crippen LogP contribution in [0.15, 0.2) is 0 Å². The van der Waals surface area contributed by atoms with E-state index in [1.165, 1.54) is 45.4 Å². The van der Waals surface area contributed by atoms with E-state index in [0.29, 0.717) is 6.04 Å². The number of nitrogens with one attached hydrogen (secondary N) is 1. The average molecular weight is 253 g/mol. The SMILES string of the molecule is CCC1CNC(C(C)C)CN1C1CCCN(C)C1. The van der Waals surface area contributed by atoms with Gasteiger partial charge in [-0.1, -0.05) is 20.8 Å². The van der Waals surface area contributed by atoms with Crippen LogP contribution in [0.1, 0.15) is 40.0 Å². The summed E-state index contributed by atoms with van der Waals surface area (Å²) in [6, 6.07) is 2.22. The fraction of sp³-hybridized carbons (Fsp3) is 1.00. The molecule has 1 N–H and O–H groups in total. The Kier molecular flexibility index (Phi) is 5.05. The van der Waals surface area contributed by atoms with Crippen molar-refractivity contribution in [2.24, 2.45) is 5.92 Å². The van der Waals surface area contributed by atoms with E-state index < -0.39 is 0 Å². The zero-order valence-corrected chi connectivity index (χ0v) is 12.7. The summed E-state index contributed by atoms with van der Waals surface area (Å²) < 4.78 is 0. The van der Waals surface area contributed by atoms with Crippen molar-refractivity contribution in [3.63, 3.8) is 0 Å². The van der Waals surface area contributed by atoms with E-state index in [-0.39, 0.29) is 0 Å². The van der Waals surface area contributed by atoms with Crippen molar-refractivity contribution in [1.82, 2.24) is 15.1 Å². The molecule has 0 amide bonds. The number of piperidine rings is 1. The predicted octanol–water partition coefficient (Wildman–Crippen LogP) is 1.79. The third-order valence-corrected chi connectivity index (χ3v) is 4.84. The van der Waals surface area contributed by atoms with E-state index in [4.69, 9.17) is 0 Å². The van der Waals surface area contributed by atoms with Gasteiger partial charge in [0.25, 0.3) is 0 Å². The van der Waals surface area contributed by atoms with Gasteiger partial charge in [0.15, 0.2) is 0 Å². The summed E-state index contributed by atoms with van der Waals surface area (Å²) >= 11 is 0. The molecule has 0 aliphatic carbocycles. The molecule has 3 nitrogen and oxygen atoms in total. The van der Waals surface area contributed by atoms with Crippen LogP contribution in [0.4, 0.5) is 0 Å². The maximum atomic E-state index is 3.74. The maximum Gasteiger partial charge on any atom is 0.0227 e. The smallest absolute Gasteiger partial charge is 0.0227 e. The molecule has 106 valence electrons. The highest BCUT2D eigenvalue weighted by atomic mass is 15.3. The Hall–Kier alpha value is -0.120. The number of hydrogen-bond acceptors (Lipinski definition) is 3. The molecule has 0 spiro atoms. The quantitative estimate of drug-likeness (QED) is 0.827. The molecule has 2 fully saturated rings. The Balaban J connectivity index is 2.01. The van der Waals surface area contributed by atoms with Gasteiger partial charge in [-0.25, -0.2) is 0 Å². The van der Waals surface area contributed by atoms with Crippen LogP contribution < -0.4 is 5.32 Å². The molecule has 0 aromatic rings. The first-order chi connectivity index (χ1) is 8.61. The summed E-state index contributed by atoms with van der Waals surface area (Å²) in [6.45, 7) is 12.0. The predicted molar refractivity (Wildman–Crippen MR) is 77.9 cm³/mol. The number of hydrogen-bond donors (Lipinski definition) is 1. The lowest BCUT2D eigenvalue weighted by Gasteiger charge is -2.48. The molecule has 0 aromatic heterocycles.